The second kappa shape index (κ2) is 9.88. The highest BCUT2D eigenvalue weighted by Gasteiger charge is 2.08. The number of carbonyl (C=O) groups is 1. The zero-order valence-corrected chi connectivity index (χ0v) is 15.6. The number of esters is 1. The molecule has 5 heteroatoms. The highest BCUT2D eigenvalue weighted by molar-refractivity contribution is 5.94. The second-order valence-electron chi connectivity index (χ2n) is 5.54. The van der Waals surface area contributed by atoms with Gasteiger partial charge < -0.3 is 14.4 Å². The van der Waals surface area contributed by atoms with Crippen molar-refractivity contribution in [2.45, 2.75) is 27.7 Å². The lowest BCUT2D eigenvalue weighted by Gasteiger charge is -2.10. The summed E-state index contributed by atoms with van der Waals surface area (Å²) in [6, 6.07) is 5.56. The molecule has 1 aromatic carbocycles. The van der Waals surface area contributed by atoms with Crippen molar-refractivity contribution in [1.29, 1.82) is 0 Å². The molecule has 1 N–H and O–H groups in total. The van der Waals surface area contributed by atoms with Crippen LogP contribution in [0.25, 0.3) is 10.9 Å². The number of ether oxygens (including phenoxy) is 2. The molecule has 0 saturated carbocycles. The normalized spacial score (nSPS) is 10.3. The Hall–Kier alpha value is -2.14. The highest BCUT2D eigenvalue weighted by atomic mass is 16.5. The highest BCUT2D eigenvalue weighted by Crippen LogP contribution is 2.24. The molecule has 0 radical (unpaired) electrons. The quantitative estimate of drug-likeness (QED) is 0.853. The fourth-order valence-corrected chi connectivity index (χ4v) is 2.47. The molecular weight excluding hydrogens is 304 g/mol. The molecule has 0 amide bonds. The first-order chi connectivity index (χ1) is 11.5. The van der Waals surface area contributed by atoms with Gasteiger partial charge in [-0.1, -0.05) is 0 Å². The number of aromatic nitrogens is 1. The molecule has 2 aromatic rings. The molecule has 2 rings (SSSR count). The van der Waals surface area contributed by atoms with Gasteiger partial charge in [-0.3, -0.25) is 4.98 Å². The number of benzene rings is 1. The molecule has 0 spiro atoms. The third-order valence-electron chi connectivity index (χ3n) is 4.12. The van der Waals surface area contributed by atoms with E-state index in [1.54, 1.807) is 18.1 Å². The van der Waals surface area contributed by atoms with Gasteiger partial charge in [-0.15, -0.1) is 0 Å². The topological polar surface area (TPSA) is 52.9 Å². The number of carbonyl (C=O) groups excluding carboxylic acids is 1. The van der Waals surface area contributed by atoms with Gasteiger partial charge >= 0.3 is 5.97 Å². The molecule has 1 heterocycles. The van der Waals surface area contributed by atoms with Crippen LogP contribution in [0.1, 0.15) is 36.7 Å². The van der Waals surface area contributed by atoms with Crippen molar-refractivity contribution in [3.8, 4) is 5.75 Å². The van der Waals surface area contributed by atoms with Gasteiger partial charge in [0.1, 0.15) is 5.75 Å². The molecule has 0 aliphatic rings. The maximum atomic E-state index is 11.4. The number of quaternary nitrogens is 1. The Bertz CT molecular complexity index is 661. The Morgan fingerprint density at radius 3 is 2.17 bits per heavy atom. The van der Waals surface area contributed by atoms with E-state index in [-0.39, 0.29) is 5.97 Å². The molecule has 0 aliphatic carbocycles. The molecule has 0 bridgehead atoms. The Labute approximate surface area is 144 Å². The third-order valence-corrected chi connectivity index (χ3v) is 4.12. The van der Waals surface area contributed by atoms with Crippen LogP contribution in [0.15, 0.2) is 24.4 Å². The van der Waals surface area contributed by atoms with E-state index >= 15 is 0 Å². The van der Waals surface area contributed by atoms with Crippen molar-refractivity contribution in [2.24, 2.45) is 0 Å². The SMILES string of the molecule is CC[NH+](CC)CC.COC(=O)c1cnc2cc(OC)c(C)cc2c1. The van der Waals surface area contributed by atoms with E-state index in [1.807, 2.05) is 19.1 Å². The van der Waals surface area contributed by atoms with Crippen LogP contribution in [0.5, 0.6) is 5.75 Å². The van der Waals surface area contributed by atoms with Gasteiger partial charge in [0.05, 0.1) is 44.9 Å². The molecule has 0 aliphatic heterocycles. The summed E-state index contributed by atoms with van der Waals surface area (Å²) in [6.45, 7) is 12.4. The maximum absolute atomic E-state index is 11.4. The van der Waals surface area contributed by atoms with Crippen LogP contribution in [0.3, 0.4) is 0 Å². The Morgan fingerprint density at radius 2 is 1.71 bits per heavy atom. The van der Waals surface area contributed by atoms with Crippen LogP contribution in [0.2, 0.25) is 0 Å². The van der Waals surface area contributed by atoms with Crippen molar-refractivity contribution >= 4 is 16.9 Å². The van der Waals surface area contributed by atoms with Gasteiger partial charge in [0.15, 0.2) is 0 Å². The number of pyridine rings is 1. The van der Waals surface area contributed by atoms with Crippen molar-refractivity contribution in [3.63, 3.8) is 0 Å². The number of fused-ring (bicyclic) bond motifs is 1. The fraction of sp³-hybridized carbons (Fsp3) is 0.474. The monoisotopic (exact) mass is 333 g/mol. The van der Waals surface area contributed by atoms with Gasteiger partial charge in [-0.2, -0.15) is 0 Å². The van der Waals surface area contributed by atoms with E-state index in [1.165, 1.54) is 32.9 Å². The molecule has 0 saturated heterocycles. The van der Waals surface area contributed by atoms with Crippen LogP contribution >= 0.6 is 0 Å². The van der Waals surface area contributed by atoms with E-state index in [2.05, 4.69) is 30.5 Å². The smallest absolute Gasteiger partial charge is 0.339 e. The lowest BCUT2D eigenvalue weighted by molar-refractivity contribution is -0.894. The largest absolute Gasteiger partial charge is 0.496 e. The first kappa shape index (κ1) is 19.9. The summed E-state index contributed by atoms with van der Waals surface area (Å²) in [6.07, 6.45) is 1.50. The number of hydrogen-bond donors (Lipinski definition) is 1. The van der Waals surface area contributed by atoms with Crippen LogP contribution < -0.4 is 9.64 Å². The number of methoxy groups -OCH3 is 2. The average molecular weight is 333 g/mol. The minimum atomic E-state index is -0.382. The zero-order valence-electron chi connectivity index (χ0n) is 15.6. The first-order valence-electron chi connectivity index (χ1n) is 8.36. The van der Waals surface area contributed by atoms with Gasteiger partial charge in [-0.05, 0) is 45.4 Å². The number of aryl methyl sites for hydroxylation is 1. The Kier molecular flexibility index (Phi) is 8.19. The van der Waals surface area contributed by atoms with Crippen LogP contribution in [-0.2, 0) is 4.74 Å². The van der Waals surface area contributed by atoms with E-state index < -0.39 is 0 Å². The standard InChI is InChI=1S/C13H13NO3.C6H15N/c1-8-4-9-5-10(13(15)17-3)7-14-11(9)6-12(8)16-2;1-4-7(5-2)6-3/h4-7H,1-3H3;4-6H2,1-3H3/p+1. The van der Waals surface area contributed by atoms with Crippen molar-refractivity contribution in [1.82, 2.24) is 4.98 Å². The molecule has 1 aromatic heterocycles. The van der Waals surface area contributed by atoms with E-state index in [0.29, 0.717) is 5.56 Å². The van der Waals surface area contributed by atoms with Gasteiger partial charge in [0, 0.05) is 17.6 Å². The predicted octanol–water partition coefficient (Wildman–Crippen LogP) is 2.27. The Balaban J connectivity index is 0.000000351. The van der Waals surface area contributed by atoms with Gasteiger partial charge in [0.25, 0.3) is 0 Å². The van der Waals surface area contributed by atoms with Crippen molar-refractivity contribution < 1.29 is 19.2 Å². The van der Waals surface area contributed by atoms with Gasteiger partial charge in [-0.25, -0.2) is 4.79 Å². The minimum Gasteiger partial charge on any atom is -0.496 e. The lowest BCUT2D eigenvalue weighted by Crippen LogP contribution is -3.11. The molecule has 0 atom stereocenters. The second-order valence-corrected chi connectivity index (χ2v) is 5.54. The molecule has 5 nitrogen and oxygen atoms in total. The summed E-state index contributed by atoms with van der Waals surface area (Å²) >= 11 is 0. The lowest BCUT2D eigenvalue weighted by atomic mass is 10.1. The van der Waals surface area contributed by atoms with Crippen molar-refractivity contribution in [3.05, 3.63) is 35.5 Å². The van der Waals surface area contributed by atoms with Crippen LogP contribution in [0.4, 0.5) is 0 Å². The Morgan fingerprint density at radius 1 is 1.08 bits per heavy atom. The summed E-state index contributed by atoms with van der Waals surface area (Å²) in [4.78, 5) is 17.3. The fourth-order valence-electron chi connectivity index (χ4n) is 2.47. The molecule has 24 heavy (non-hydrogen) atoms. The molecule has 0 fully saturated rings. The van der Waals surface area contributed by atoms with E-state index in [9.17, 15) is 4.79 Å². The number of rotatable bonds is 5. The summed E-state index contributed by atoms with van der Waals surface area (Å²) in [5.41, 5.74) is 2.24. The third kappa shape index (κ3) is 5.20. The molecule has 132 valence electrons. The molecule has 0 unspecified atom stereocenters. The van der Waals surface area contributed by atoms with Crippen LogP contribution in [0, 0.1) is 6.92 Å². The number of nitrogens with one attached hydrogen (secondary N) is 1. The minimum absolute atomic E-state index is 0.382. The summed E-state index contributed by atoms with van der Waals surface area (Å²) in [5, 5.41) is 0.895. The zero-order chi connectivity index (χ0) is 18.1. The van der Waals surface area contributed by atoms with E-state index in [0.717, 1.165) is 22.2 Å². The van der Waals surface area contributed by atoms with Crippen LogP contribution in [-0.4, -0.2) is 44.8 Å². The number of hydrogen-bond acceptors (Lipinski definition) is 4. The summed E-state index contributed by atoms with van der Waals surface area (Å²) < 4.78 is 9.88. The molecular formula is C19H29N2O3+. The summed E-state index contributed by atoms with van der Waals surface area (Å²) in [7, 11) is 2.97. The van der Waals surface area contributed by atoms with Crippen molar-refractivity contribution in [2.75, 3.05) is 33.9 Å². The number of nitrogens with zero attached hydrogens (tertiary/aromatic N) is 1. The predicted molar refractivity (Wildman–Crippen MR) is 97.0 cm³/mol. The maximum Gasteiger partial charge on any atom is 0.339 e. The van der Waals surface area contributed by atoms with Gasteiger partial charge in [0.2, 0.25) is 0 Å². The summed E-state index contributed by atoms with van der Waals surface area (Å²) in [5.74, 6) is 0.406. The van der Waals surface area contributed by atoms with E-state index in [4.69, 9.17) is 4.74 Å². The first-order valence-corrected chi connectivity index (χ1v) is 8.36. The average Bonchev–Trinajstić information content (AvgIpc) is 2.62.